The van der Waals surface area contributed by atoms with Crippen molar-refractivity contribution in [2.24, 2.45) is 0 Å². The van der Waals surface area contributed by atoms with Gasteiger partial charge in [0.25, 0.3) is 0 Å². The molecule has 2 aromatic rings. The van der Waals surface area contributed by atoms with Crippen LogP contribution in [0.3, 0.4) is 0 Å². The molecule has 0 amide bonds. The van der Waals surface area contributed by atoms with Crippen LogP contribution in [0, 0.1) is 3.70 Å². The van der Waals surface area contributed by atoms with E-state index in [9.17, 15) is 13.2 Å². The first-order valence-electron chi connectivity index (χ1n) is 8.59. The molecule has 1 aliphatic heterocycles. The van der Waals surface area contributed by atoms with Crippen molar-refractivity contribution >= 4 is 39.2 Å². The predicted molar refractivity (Wildman–Crippen MR) is 104 cm³/mol. The highest BCUT2D eigenvalue weighted by molar-refractivity contribution is 14.1. The van der Waals surface area contributed by atoms with Gasteiger partial charge in [0.15, 0.2) is 0 Å². The van der Waals surface area contributed by atoms with E-state index in [1.54, 1.807) is 6.07 Å². The highest BCUT2D eigenvalue weighted by atomic mass is 127. The summed E-state index contributed by atoms with van der Waals surface area (Å²) in [6.07, 6.45) is -2.12. The summed E-state index contributed by atoms with van der Waals surface area (Å²) in [6.45, 7) is 5.57. The summed E-state index contributed by atoms with van der Waals surface area (Å²) >= 11 is 1.98. The molecule has 25 heavy (non-hydrogen) atoms. The van der Waals surface area contributed by atoms with Gasteiger partial charge in [-0.25, -0.2) is 0 Å². The number of hydrogen-bond donors (Lipinski definition) is 1. The maximum atomic E-state index is 12.9. The first-order valence-corrected chi connectivity index (χ1v) is 9.67. The Morgan fingerprint density at radius 1 is 1.24 bits per heavy atom. The van der Waals surface area contributed by atoms with Gasteiger partial charge in [-0.2, -0.15) is 13.2 Å². The monoisotopic (exact) mass is 465 g/mol. The van der Waals surface area contributed by atoms with Crippen LogP contribution in [0.5, 0.6) is 0 Å². The molecule has 1 N–H and O–H groups in total. The molecule has 3 rings (SSSR count). The van der Waals surface area contributed by atoms with Crippen molar-refractivity contribution in [1.29, 1.82) is 0 Å². The molecular weight excluding hydrogens is 442 g/mol. The number of hydrogen-bond acceptors (Lipinski definition) is 2. The van der Waals surface area contributed by atoms with E-state index in [0.29, 0.717) is 21.3 Å². The molecule has 1 aromatic carbocycles. The number of rotatable bonds is 4. The van der Waals surface area contributed by atoms with Crippen LogP contribution in [0.1, 0.15) is 26.7 Å². The molecule has 1 saturated heterocycles. The van der Waals surface area contributed by atoms with E-state index >= 15 is 0 Å². The van der Waals surface area contributed by atoms with Gasteiger partial charge >= 0.3 is 6.18 Å². The van der Waals surface area contributed by atoms with Gasteiger partial charge in [-0.1, -0.05) is 6.07 Å². The molecule has 0 spiro atoms. The van der Waals surface area contributed by atoms with Gasteiger partial charge in [0.05, 0.1) is 9.22 Å². The van der Waals surface area contributed by atoms with Gasteiger partial charge in [0, 0.05) is 36.2 Å². The van der Waals surface area contributed by atoms with Gasteiger partial charge in [0.1, 0.15) is 6.54 Å². The molecular formula is C18H23F3IN3. The molecule has 0 aliphatic carbocycles. The number of fused-ring (bicyclic) bond motifs is 1. The topological polar surface area (TPSA) is 20.2 Å². The molecule has 0 unspecified atom stereocenters. The number of nitrogens with zero attached hydrogens (tertiary/aromatic N) is 2. The number of aromatic nitrogens is 1. The zero-order valence-electron chi connectivity index (χ0n) is 14.4. The molecule has 0 radical (unpaired) electrons. The summed E-state index contributed by atoms with van der Waals surface area (Å²) in [5, 5.41) is 4.43. The lowest BCUT2D eigenvalue weighted by atomic mass is 10.0. The summed E-state index contributed by atoms with van der Waals surface area (Å²) in [6, 6.07) is 8.32. The summed E-state index contributed by atoms with van der Waals surface area (Å²) in [7, 11) is 0. The summed E-state index contributed by atoms with van der Waals surface area (Å²) in [5.41, 5.74) is 1.56. The lowest BCUT2D eigenvalue weighted by molar-refractivity contribution is -0.140. The molecule has 0 atom stereocenters. The summed E-state index contributed by atoms with van der Waals surface area (Å²) in [4.78, 5) is 2.46. The zero-order chi connectivity index (χ0) is 18.2. The van der Waals surface area contributed by atoms with E-state index in [1.807, 2.05) is 40.8 Å². The van der Waals surface area contributed by atoms with E-state index in [4.69, 9.17) is 0 Å². The highest BCUT2D eigenvalue weighted by Gasteiger charge is 2.30. The minimum Gasteiger partial charge on any atom is -0.382 e. The minimum absolute atomic E-state index is 0.365. The smallest absolute Gasteiger partial charge is 0.382 e. The highest BCUT2D eigenvalue weighted by Crippen LogP contribution is 2.32. The number of alkyl halides is 3. The Morgan fingerprint density at radius 2 is 1.92 bits per heavy atom. The lowest BCUT2D eigenvalue weighted by Crippen LogP contribution is -2.42. The Labute approximate surface area is 159 Å². The van der Waals surface area contributed by atoms with Crippen LogP contribution in [0.15, 0.2) is 24.3 Å². The fraction of sp³-hybridized carbons (Fsp3) is 0.556. The molecule has 1 fully saturated rings. The number of anilines is 1. The SMILES string of the molecule is CC(C)N1CCC(Nc2cccc3c2cc(I)n3CC(F)(F)F)CC1. The first kappa shape index (κ1) is 18.8. The fourth-order valence-electron chi connectivity index (χ4n) is 3.50. The molecule has 138 valence electrons. The van der Waals surface area contributed by atoms with Crippen molar-refractivity contribution < 1.29 is 13.2 Å². The molecule has 7 heteroatoms. The van der Waals surface area contributed by atoms with Gasteiger partial charge in [-0.3, -0.25) is 0 Å². The van der Waals surface area contributed by atoms with Crippen molar-refractivity contribution in [1.82, 2.24) is 9.47 Å². The summed E-state index contributed by atoms with van der Waals surface area (Å²) < 4.78 is 40.5. The first-order chi connectivity index (χ1) is 11.7. The standard InChI is InChI=1S/C18H23F3IN3/c1-12(2)24-8-6-13(7-9-24)23-15-4-3-5-16-14(15)10-17(22)25(16)11-18(19,20)21/h3-5,10,12-13,23H,6-9,11H2,1-2H3. The van der Waals surface area contributed by atoms with Crippen LogP contribution in [0.2, 0.25) is 0 Å². The Morgan fingerprint density at radius 3 is 2.52 bits per heavy atom. The van der Waals surface area contributed by atoms with E-state index in [1.165, 1.54) is 4.57 Å². The van der Waals surface area contributed by atoms with Gasteiger partial charge in [0.2, 0.25) is 0 Å². The molecule has 1 aliphatic rings. The zero-order valence-corrected chi connectivity index (χ0v) is 16.6. The second-order valence-electron chi connectivity index (χ2n) is 6.96. The number of halogens is 4. The number of benzene rings is 1. The van der Waals surface area contributed by atoms with E-state index < -0.39 is 12.7 Å². The lowest BCUT2D eigenvalue weighted by Gasteiger charge is -2.35. The Hall–Kier alpha value is -0.960. The van der Waals surface area contributed by atoms with Crippen molar-refractivity contribution in [2.75, 3.05) is 18.4 Å². The third-order valence-electron chi connectivity index (χ3n) is 4.85. The average Bonchev–Trinajstić information content (AvgIpc) is 2.84. The van der Waals surface area contributed by atoms with Crippen molar-refractivity contribution in [3.63, 3.8) is 0 Å². The van der Waals surface area contributed by atoms with Crippen molar-refractivity contribution in [3.8, 4) is 0 Å². The quantitative estimate of drug-likeness (QED) is 0.635. The van der Waals surface area contributed by atoms with Crippen molar-refractivity contribution in [3.05, 3.63) is 28.0 Å². The maximum absolute atomic E-state index is 12.9. The van der Waals surface area contributed by atoms with E-state index in [-0.39, 0.29) is 0 Å². The predicted octanol–water partition coefficient (Wildman–Crippen LogP) is 5.09. The number of piperidine rings is 1. The Balaban J connectivity index is 1.80. The summed E-state index contributed by atoms with van der Waals surface area (Å²) in [5.74, 6) is 0. The maximum Gasteiger partial charge on any atom is 0.406 e. The average molecular weight is 465 g/mol. The second kappa shape index (κ2) is 7.34. The van der Waals surface area contributed by atoms with Crippen LogP contribution in [-0.4, -0.2) is 40.8 Å². The third-order valence-corrected chi connectivity index (χ3v) is 5.75. The molecule has 3 nitrogen and oxygen atoms in total. The van der Waals surface area contributed by atoms with Crippen LogP contribution in [0.4, 0.5) is 18.9 Å². The van der Waals surface area contributed by atoms with Gasteiger partial charge in [-0.05, 0) is 67.5 Å². The van der Waals surface area contributed by atoms with Crippen LogP contribution in [-0.2, 0) is 6.54 Å². The number of nitrogens with one attached hydrogen (secondary N) is 1. The van der Waals surface area contributed by atoms with E-state index in [2.05, 4.69) is 24.1 Å². The van der Waals surface area contributed by atoms with Crippen LogP contribution in [0.25, 0.3) is 10.9 Å². The van der Waals surface area contributed by atoms with Gasteiger partial charge in [-0.15, -0.1) is 0 Å². The van der Waals surface area contributed by atoms with Gasteiger partial charge < -0.3 is 14.8 Å². The van der Waals surface area contributed by atoms with E-state index in [0.717, 1.165) is 37.0 Å². The largest absolute Gasteiger partial charge is 0.406 e. The Bertz CT molecular complexity index is 731. The second-order valence-corrected chi connectivity index (χ2v) is 8.06. The normalized spacial score (nSPS) is 17.6. The molecule has 0 bridgehead atoms. The third kappa shape index (κ3) is 4.42. The molecule has 2 heterocycles. The molecule has 1 aromatic heterocycles. The Kier molecular flexibility index (Phi) is 5.53. The van der Waals surface area contributed by atoms with Crippen molar-refractivity contribution in [2.45, 2.75) is 51.5 Å². The fourth-order valence-corrected chi connectivity index (χ4v) is 4.24. The minimum atomic E-state index is -4.22. The molecule has 0 saturated carbocycles. The van der Waals surface area contributed by atoms with Crippen LogP contribution >= 0.6 is 22.6 Å². The van der Waals surface area contributed by atoms with Crippen LogP contribution < -0.4 is 5.32 Å². The number of likely N-dealkylation sites (tertiary alicyclic amines) is 1.